The first kappa shape index (κ1) is 18.5. The van der Waals surface area contributed by atoms with Crippen LogP contribution in [-0.2, 0) is 7.05 Å². The largest absolute Gasteiger partial charge is 0.479 e. The second kappa shape index (κ2) is 7.27. The van der Waals surface area contributed by atoms with Crippen LogP contribution in [0.25, 0.3) is 22.0 Å². The zero-order chi connectivity index (χ0) is 20.5. The van der Waals surface area contributed by atoms with Gasteiger partial charge >= 0.3 is 0 Å². The zero-order valence-corrected chi connectivity index (χ0v) is 16.2. The molecule has 0 aliphatic carbocycles. The van der Waals surface area contributed by atoms with Crippen LogP contribution in [0.5, 0.6) is 17.4 Å². The van der Waals surface area contributed by atoms with Crippen LogP contribution in [0.2, 0.25) is 0 Å². The average molecular weight is 389 g/mol. The smallest absolute Gasteiger partial charge is 0.273 e. The topological polar surface area (TPSA) is 79.4 Å². The number of aryl methyl sites for hydroxylation is 2. The fourth-order valence-electron chi connectivity index (χ4n) is 3.46. The normalized spacial score (nSPS) is 10.9. The monoisotopic (exact) mass is 389 g/mol. The maximum absolute atomic E-state index is 11.6. The Bertz CT molecular complexity index is 1220. The molecule has 0 N–H and O–H groups in total. The molecular formula is C22H19N3O4. The van der Waals surface area contributed by atoms with Crippen LogP contribution in [-0.4, -0.2) is 21.6 Å². The van der Waals surface area contributed by atoms with E-state index in [4.69, 9.17) is 9.47 Å². The Kier molecular flexibility index (Phi) is 4.64. The maximum atomic E-state index is 11.6. The number of nitrogens with zero attached hydrogens (tertiary/aromatic N) is 3. The van der Waals surface area contributed by atoms with Crippen molar-refractivity contribution >= 4 is 16.6 Å². The van der Waals surface area contributed by atoms with Gasteiger partial charge in [0.05, 0.1) is 12.0 Å². The van der Waals surface area contributed by atoms with E-state index in [2.05, 4.69) is 4.98 Å². The lowest BCUT2D eigenvalue weighted by Crippen LogP contribution is -1.96. The number of methoxy groups -OCH3 is 1. The molecule has 0 unspecified atom stereocenters. The Balaban J connectivity index is 1.98. The number of benzene rings is 2. The van der Waals surface area contributed by atoms with Crippen LogP contribution in [0.1, 0.15) is 5.56 Å². The maximum Gasteiger partial charge on any atom is 0.273 e. The lowest BCUT2D eigenvalue weighted by atomic mass is 10.0. The molecule has 29 heavy (non-hydrogen) atoms. The highest BCUT2D eigenvalue weighted by atomic mass is 16.6. The van der Waals surface area contributed by atoms with Crippen LogP contribution in [0.3, 0.4) is 0 Å². The molecule has 0 atom stereocenters. The number of aromatic nitrogens is 2. The molecule has 2 heterocycles. The summed E-state index contributed by atoms with van der Waals surface area (Å²) < 4.78 is 13.4. The number of ether oxygens (including phenoxy) is 2. The fourth-order valence-corrected chi connectivity index (χ4v) is 3.46. The van der Waals surface area contributed by atoms with E-state index in [1.54, 1.807) is 32.4 Å². The van der Waals surface area contributed by atoms with Crippen molar-refractivity contribution in [2.24, 2.45) is 7.05 Å². The van der Waals surface area contributed by atoms with Crippen molar-refractivity contribution in [1.82, 2.24) is 9.55 Å². The Morgan fingerprint density at radius 3 is 2.55 bits per heavy atom. The molecule has 4 aromatic rings. The minimum atomic E-state index is -0.377. The molecule has 0 radical (unpaired) electrons. The van der Waals surface area contributed by atoms with E-state index in [0.29, 0.717) is 28.5 Å². The summed E-state index contributed by atoms with van der Waals surface area (Å²) in [6.07, 6.45) is 3.56. The number of nitro benzene ring substituents is 1. The highest BCUT2D eigenvalue weighted by Gasteiger charge is 2.22. The standard InChI is InChI=1S/C22H19N3O4/c1-14-11-20(29-15-7-5-4-6-8-15)17(12-19(14)25(26)27)18-13-24(2)21-16(18)9-10-23-22(21)28-3/h4-13H,1-3H3. The van der Waals surface area contributed by atoms with Gasteiger partial charge in [-0.1, -0.05) is 18.2 Å². The van der Waals surface area contributed by atoms with Gasteiger partial charge in [-0.2, -0.15) is 0 Å². The minimum absolute atomic E-state index is 0.0402. The summed E-state index contributed by atoms with van der Waals surface area (Å²) in [5.41, 5.74) is 2.81. The van der Waals surface area contributed by atoms with Crippen molar-refractivity contribution < 1.29 is 14.4 Å². The molecule has 7 nitrogen and oxygen atoms in total. The van der Waals surface area contributed by atoms with E-state index >= 15 is 0 Å². The number of hydrogen-bond donors (Lipinski definition) is 0. The SMILES string of the molecule is COc1nccc2c(-c3cc([N+](=O)[O-])c(C)cc3Oc3ccccc3)cn(C)c12. The van der Waals surface area contributed by atoms with Crippen LogP contribution in [0, 0.1) is 17.0 Å². The van der Waals surface area contributed by atoms with Gasteiger partial charge in [0.15, 0.2) is 0 Å². The van der Waals surface area contributed by atoms with Gasteiger partial charge in [0.25, 0.3) is 5.69 Å². The summed E-state index contributed by atoms with van der Waals surface area (Å²) >= 11 is 0. The van der Waals surface area contributed by atoms with Gasteiger partial charge in [0.1, 0.15) is 17.0 Å². The van der Waals surface area contributed by atoms with Gasteiger partial charge in [0, 0.05) is 47.6 Å². The average Bonchev–Trinajstić information content (AvgIpc) is 3.05. The number of rotatable bonds is 5. The zero-order valence-electron chi connectivity index (χ0n) is 16.2. The van der Waals surface area contributed by atoms with Crippen molar-refractivity contribution in [1.29, 1.82) is 0 Å². The number of para-hydroxylation sites is 1. The third-order valence-electron chi connectivity index (χ3n) is 4.81. The van der Waals surface area contributed by atoms with Gasteiger partial charge < -0.3 is 14.0 Å². The fraction of sp³-hybridized carbons (Fsp3) is 0.136. The quantitative estimate of drug-likeness (QED) is 0.344. The predicted molar refractivity (Wildman–Crippen MR) is 111 cm³/mol. The van der Waals surface area contributed by atoms with Crippen LogP contribution in [0.4, 0.5) is 5.69 Å². The first-order chi connectivity index (χ1) is 14.0. The van der Waals surface area contributed by atoms with Crippen LogP contribution in [0.15, 0.2) is 60.9 Å². The van der Waals surface area contributed by atoms with E-state index in [1.807, 2.05) is 54.2 Å². The minimum Gasteiger partial charge on any atom is -0.479 e. The molecule has 0 fully saturated rings. The molecule has 2 aromatic carbocycles. The van der Waals surface area contributed by atoms with Crippen molar-refractivity contribution in [3.63, 3.8) is 0 Å². The summed E-state index contributed by atoms with van der Waals surface area (Å²) in [5.74, 6) is 1.69. The Labute approximate surface area is 167 Å². The lowest BCUT2D eigenvalue weighted by Gasteiger charge is -2.12. The number of fused-ring (bicyclic) bond motifs is 1. The van der Waals surface area contributed by atoms with Crippen LogP contribution >= 0.6 is 0 Å². The summed E-state index contributed by atoms with van der Waals surface area (Å²) in [5, 5.41) is 12.4. The van der Waals surface area contributed by atoms with Gasteiger partial charge in [0.2, 0.25) is 5.88 Å². The molecule has 7 heteroatoms. The van der Waals surface area contributed by atoms with Crippen molar-refractivity contribution in [3.8, 4) is 28.5 Å². The predicted octanol–water partition coefficient (Wildman–Crippen LogP) is 5.26. The Morgan fingerprint density at radius 1 is 1.10 bits per heavy atom. The van der Waals surface area contributed by atoms with E-state index < -0.39 is 0 Å². The van der Waals surface area contributed by atoms with Crippen LogP contribution < -0.4 is 9.47 Å². The molecule has 0 saturated heterocycles. The van der Waals surface area contributed by atoms with E-state index in [0.717, 1.165) is 16.5 Å². The lowest BCUT2D eigenvalue weighted by molar-refractivity contribution is -0.385. The molecule has 0 saturated carbocycles. The third-order valence-corrected chi connectivity index (χ3v) is 4.81. The Hall–Kier alpha value is -3.87. The van der Waals surface area contributed by atoms with E-state index in [1.165, 1.54) is 0 Å². The number of nitro groups is 1. The number of pyridine rings is 1. The molecule has 0 aliphatic heterocycles. The first-order valence-electron chi connectivity index (χ1n) is 9.00. The first-order valence-corrected chi connectivity index (χ1v) is 9.00. The third kappa shape index (κ3) is 3.27. The molecule has 4 rings (SSSR count). The second-order valence-corrected chi connectivity index (χ2v) is 6.68. The summed E-state index contributed by atoms with van der Waals surface area (Å²) in [6.45, 7) is 1.70. The van der Waals surface area contributed by atoms with Crippen molar-refractivity contribution in [3.05, 3.63) is 76.6 Å². The molecule has 0 bridgehead atoms. The van der Waals surface area contributed by atoms with Gasteiger partial charge in [-0.3, -0.25) is 10.1 Å². The second-order valence-electron chi connectivity index (χ2n) is 6.68. The van der Waals surface area contributed by atoms with Crippen molar-refractivity contribution in [2.75, 3.05) is 7.11 Å². The highest BCUT2D eigenvalue weighted by molar-refractivity contribution is 6.00. The van der Waals surface area contributed by atoms with E-state index in [9.17, 15) is 10.1 Å². The number of hydrogen-bond acceptors (Lipinski definition) is 5. The van der Waals surface area contributed by atoms with Crippen molar-refractivity contribution in [2.45, 2.75) is 6.92 Å². The molecule has 0 aliphatic rings. The Morgan fingerprint density at radius 2 is 1.86 bits per heavy atom. The van der Waals surface area contributed by atoms with Gasteiger partial charge in [-0.15, -0.1) is 0 Å². The molecular weight excluding hydrogens is 370 g/mol. The molecule has 2 aromatic heterocycles. The summed E-state index contributed by atoms with van der Waals surface area (Å²) in [7, 11) is 3.45. The van der Waals surface area contributed by atoms with Gasteiger partial charge in [-0.25, -0.2) is 4.98 Å². The molecule has 0 spiro atoms. The molecule has 0 amide bonds. The van der Waals surface area contributed by atoms with Gasteiger partial charge in [-0.05, 0) is 31.2 Å². The summed E-state index contributed by atoms with van der Waals surface area (Å²) in [4.78, 5) is 15.5. The highest BCUT2D eigenvalue weighted by Crippen LogP contribution is 2.42. The summed E-state index contributed by atoms with van der Waals surface area (Å²) in [6, 6.07) is 14.5. The van der Waals surface area contributed by atoms with E-state index in [-0.39, 0.29) is 10.6 Å². The molecule has 146 valence electrons.